The van der Waals surface area contributed by atoms with Gasteiger partial charge in [-0.3, -0.25) is 10.1 Å². The molecule has 3 rings (SSSR count). The molecular formula is C16H16ClN6O2S-. The lowest BCUT2D eigenvalue weighted by atomic mass is 10.2. The minimum atomic E-state index is -0.386. The van der Waals surface area contributed by atoms with Crippen LogP contribution >= 0.6 is 11.8 Å². The van der Waals surface area contributed by atoms with Crippen molar-refractivity contribution in [2.24, 2.45) is 0 Å². The summed E-state index contributed by atoms with van der Waals surface area (Å²) in [6.07, 6.45) is 0. The number of nitro groups is 1. The van der Waals surface area contributed by atoms with Crippen molar-refractivity contribution in [3.05, 3.63) is 70.3 Å². The third-order valence-corrected chi connectivity index (χ3v) is 4.32. The van der Waals surface area contributed by atoms with Gasteiger partial charge in [0.05, 0.1) is 10.6 Å². The van der Waals surface area contributed by atoms with Crippen LogP contribution in [0.5, 0.6) is 0 Å². The smallest absolute Gasteiger partial charge is 0.269 e. The maximum absolute atomic E-state index is 10.8. The zero-order chi connectivity index (χ0) is 17.5. The lowest BCUT2D eigenvalue weighted by Crippen LogP contribution is -3.00. The Morgan fingerprint density at radius 2 is 1.96 bits per heavy atom. The van der Waals surface area contributed by atoms with Crippen LogP contribution in [0.2, 0.25) is 0 Å². The minimum Gasteiger partial charge on any atom is -1.00 e. The Morgan fingerprint density at radius 3 is 2.73 bits per heavy atom. The van der Waals surface area contributed by atoms with E-state index >= 15 is 0 Å². The second kappa shape index (κ2) is 9.85. The summed E-state index contributed by atoms with van der Waals surface area (Å²) in [7, 11) is 0. The first-order chi connectivity index (χ1) is 12.2. The number of halogens is 1. The number of rotatable bonds is 8. The fraction of sp³-hybridized carbons (Fsp3) is 0.188. The molecule has 0 aliphatic rings. The zero-order valence-electron chi connectivity index (χ0n) is 13.7. The maximum atomic E-state index is 10.8. The quantitative estimate of drug-likeness (QED) is 0.238. The van der Waals surface area contributed by atoms with Crippen molar-refractivity contribution in [2.45, 2.75) is 11.7 Å². The summed E-state index contributed by atoms with van der Waals surface area (Å²) in [5, 5.41) is 26.5. The van der Waals surface area contributed by atoms with Gasteiger partial charge in [0.15, 0.2) is 0 Å². The molecule has 26 heavy (non-hydrogen) atoms. The Balaban J connectivity index is 0.00000243. The van der Waals surface area contributed by atoms with Crippen LogP contribution in [-0.4, -0.2) is 37.4 Å². The van der Waals surface area contributed by atoms with Gasteiger partial charge in [-0.25, -0.2) is 0 Å². The van der Waals surface area contributed by atoms with E-state index in [9.17, 15) is 10.1 Å². The number of nitrogens with zero attached hydrogens (tertiary/aromatic N) is 5. The van der Waals surface area contributed by atoms with Crippen LogP contribution in [0.15, 0.2) is 59.8 Å². The molecule has 0 amide bonds. The number of nitro benzene ring substituents is 1. The number of para-hydroxylation sites is 1. The molecule has 10 heteroatoms. The number of non-ortho nitro benzene ring substituents is 1. The zero-order valence-corrected chi connectivity index (χ0v) is 15.2. The third kappa shape index (κ3) is 5.25. The average molecular weight is 392 g/mol. The van der Waals surface area contributed by atoms with Gasteiger partial charge in [-0.1, -0.05) is 42.1 Å². The lowest BCUT2D eigenvalue weighted by Gasteiger charge is -2.06. The molecule has 1 N–H and O–H groups in total. The fourth-order valence-electron chi connectivity index (χ4n) is 2.23. The monoisotopic (exact) mass is 391 g/mol. The molecule has 0 saturated carbocycles. The molecule has 0 spiro atoms. The molecule has 0 fully saturated rings. The first-order valence-corrected chi connectivity index (χ1v) is 8.63. The number of nitrogens with one attached hydrogen (secondary N) is 1. The molecule has 8 nitrogen and oxygen atoms in total. The molecule has 0 saturated heterocycles. The highest BCUT2D eigenvalue weighted by atomic mass is 35.5. The third-order valence-electron chi connectivity index (χ3n) is 3.40. The molecule has 0 aliphatic heterocycles. The van der Waals surface area contributed by atoms with Gasteiger partial charge in [0.1, 0.15) is 0 Å². The Hall–Kier alpha value is -2.49. The number of hydrogen-bond acceptors (Lipinski definition) is 7. The van der Waals surface area contributed by atoms with E-state index in [-0.39, 0.29) is 23.0 Å². The molecule has 0 aliphatic carbocycles. The number of thioether (sulfide) groups is 1. The topological polar surface area (TPSA) is 98.8 Å². The number of aromatic nitrogens is 4. The first-order valence-electron chi connectivity index (χ1n) is 7.65. The van der Waals surface area contributed by atoms with Gasteiger partial charge < -0.3 is 17.7 Å². The predicted molar refractivity (Wildman–Crippen MR) is 94.7 cm³/mol. The molecule has 1 heterocycles. The molecule has 3 aromatic rings. The Labute approximate surface area is 160 Å². The molecule has 136 valence electrons. The van der Waals surface area contributed by atoms with E-state index in [1.807, 2.05) is 36.4 Å². The van der Waals surface area contributed by atoms with Gasteiger partial charge in [-0.2, -0.15) is 4.68 Å². The van der Waals surface area contributed by atoms with Crippen molar-refractivity contribution in [3.63, 3.8) is 0 Å². The summed E-state index contributed by atoms with van der Waals surface area (Å²) in [6, 6.07) is 16.3. The van der Waals surface area contributed by atoms with Gasteiger partial charge in [-0.05, 0) is 28.1 Å². The predicted octanol–water partition coefficient (Wildman–Crippen LogP) is -0.544. The van der Waals surface area contributed by atoms with Gasteiger partial charge in [0.25, 0.3) is 5.69 Å². The van der Waals surface area contributed by atoms with Crippen LogP contribution in [-0.2, 0) is 6.54 Å². The summed E-state index contributed by atoms with van der Waals surface area (Å²) < 4.78 is 1.70. The van der Waals surface area contributed by atoms with Crippen molar-refractivity contribution in [1.82, 2.24) is 25.5 Å². The molecular weight excluding hydrogens is 376 g/mol. The van der Waals surface area contributed by atoms with Crippen LogP contribution in [0, 0.1) is 10.1 Å². The van der Waals surface area contributed by atoms with Gasteiger partial charge in [-0.15, -0.1) is 5.10 Å². The molecule has 0 radical (unpaired) electrons. The lowest BCUT2D eigenvalue weighted by molar-refractivity contribution is -0.384. The summed E-state index contributed by atoms with van der Waals surface area (Å²) in [5.74, 6) is 0.780. The summed E-state index contributed by atoms with van der Waals surface area (Å²) in [4.78, 5) is 10.4. The van der Waals surface area contributed by atoms with Crippen molar-refractivity contribution in [2.75, 3.05) is 12.3 Å². The van der Waals surface area contributed by atoms with E-state index in [2.05, 4.69) is 20.8 Å². The SMILES string of the molecule is O=[N+]([O-])c1cccc(CNCCSc2nnnn2-c2ccccc2)c1.[Cl-]. The van der Waals surface area contributed by atoms with Crippen molar-refractivity contribution in [3.8, 4) is 5.69 Å². The largest absolute Gasteiger partial charge is 1.00 e. The fourth-order valence-corrected chi connectivity index (χ4v) is 3.01. The van der Waals surface area contributed by atoms with Crippen LogP contribution in [0.3, 0.4) is 0 Å². The standard InChI is InChI=1S/C16H16N6O2S.ClH/c23-22(24)15-8-4-5-13(11-15)12-17-9-10-25-16-18-19-20-21(16)14-6-2-1-3-7-14;/h1-8,11,17H,9-10,12H2;1H/p-1. The number of hydrogen-bond donors (Lipinski definition) is 1. The Kier molecular flexibility index (Phi) is 7.52. The van der Waals surface area contributed by atoms with E-state index in [1.165, 1.54) is 6.07 Å². The molecule has 2 aromatic carbocycles. The normalized spacial score (nSPS) is 10.3. The van der Waals surface area contributed by atoms with Gasteiger partial charge >= 0.3 is 0 Å². The molecule has 1 aromatic heterocycles. The summed E-state index contributed by atoms with van der Waals surface area (Å²) in [6.45, 7) is 1.31. The first kappa shape index (κ1) is 19.8. The Morgan fingerprint density at radius 1 is 1.15 bits per heavy atom. The maximum Gasteiger partial charge on any atom is 0.269 e. The van der Waals surface area contributed by atoms with E-state index in [4.69, 9.17) is 0 Å². The number of benzene rings is 2. The van der Waals surface area contributed by atoms with E-state index in [0.717, 1.165) is 28.7 Å². The van der Waals surface area contributed by atoms with Crippen LogP contribution < -0.4 is 17.7 Å². The summed E-state index contributed by atoms with van der Waals surface area (Å²) >= 11 is 1.55. The van der Waals surface area contributed by atoms with E-state index < -0.39 is 0 Å². The van der Waals surface area contributed by atoms with E-state index in [0.29, 0.717) is 6.54 Å². The highest BCUT2D eigenvalue weighted by Crippen LogP contribution is 2.17. The van der Waals surface area contributed by atoms with Crippen LogP contribution in [0.1, 0.15) is 5.56 Å². The number of tetrazole rings is 1. The van der Waals surface area contributed by atoms with Crippen LogP contribution in [0.25, 0.3) is 5.69 Å². The average Bonchev–Trinajstić information content (AvgIpc) is 3.11. The second-order valence-electron chi connectivity index (χ2n) is 5.16. The van der Waals surface area contributed by atoms with Crippen molar-refractivity contribution >= 4 is 17.4 Å². The molecule has 0 atom stereocenters. The van der Waals surface area contributed by atoms with E-state index in [1.54, 1.807) is 28.6 Å². The van der Waals surface area contributed by atoms with Crippen molar-refractivity contribution < 1.29 is 17.3 Å². The van der Waals surface area contributed by atoms with Gasteiger partial charge in [0, 0.05) is 31.0 Å². The molecule has 0 bridgehead atoms. The van der Waals surface area contributed by atoms with Gasteiger partial charge in [0.2, 0.25) is 5.16 Å². The highest BCUT2D eigenvalue weighted by molar-refractivity contribution is 7.99. The van der Waals surface area contributed by atoms with Crippen LogP contribution in [0.4, 0.5) is 5.69 Å². The second-order valence-corrected chi connectivity index (χ2v) is 6.22. The molecule has 0 unspecified atom stereocenters. The minimum absolute atomic E-state index is 0. The Bertz CT molecular complexity index is 846. The van der Waals surface area contributed by atoms with Crippen molar-refractivity contribution in [1.29, 1.82) is 0 Å². The summed E-state index contributed by atoms with van der Waals surface area (Å²) in [5.41, 5.74) is 1.91. The highest BCUT2D eigenvalue weighted by Gasteiger charge is 2.08.